The summed E-state index contributed by atoms with van der Waals surface area (Å²) in [4.78, 5) is 11.7. The molecule has 0 saturated carbocycles. The Bertz CT molecular complexity index is 509. The Labute approximate surface area is 101 Å². The Morgan fingerprint density at radius 1 is 1.29 bits per heavy atom. The van der Waals surface area contributed by atoms with Crippen molar-refractivity contribution in [1.82, 2.24) is 5.32 Å². The number of nitrogens with one attached hydrogen (secondary N) is 2. The second kappa shape index (κ2) is 5.18. The van der Waals surface area contributed by atoms with Crippen LogP contribution >= 0.6 is 0 Å². The minimum atomic E-state index is -3.32. The fourth-order valence-electron chi connectivity index (χ4n) is 1.28. The molecule has 0 aliphatic heterocycles. The number of amides is 1. The van der Waals surface area contributed by atoms with Gasteiger partial charge in [0.05, 0.1) is 6.26 Å². The van der Waals surface area contributed by atoms with Crippen LogP contribution in [0.4, 0.5) is 5.69 Å². The van der Waals surface area contributed by atoms with Crippen LogP contribution in [-0.4, -0.2) is 26.6 Å². The van der Waals surface area contributed by atoms with E-state index in [2.05, 4.69) is 10.0 Å². The Morgan fingerprint density at radius 3 is 2.47 bits per heavy atom. The van der Waals surface area contributed by atoms with Gasteiger partial charge in [0, 0.05) is 17.3 Å². The molecule has 1 aromatic carbocycles. The number of benzene rings is 1. The van der Waals surface area contributed by atoms with Gasteiger partial charge in [-0.25, -0.2) is 8.42 Å². The summed E-state index contributed by atoms with van der Waals surface area (Å²) < 4.78 is 24.4. The number of hydrogen-bond acceptors (Lipinski definition) is 3. The highest BCUT2D eigenvalue weighted by molar-refractivity contribution is 7.92. The van der Waals surface area contributed by atoms with Crippen molar-refractivity contribution in [3.63, 3.8) is 0 Å². The highest BCUT2D eigenvalue weighted by atomic mass is 32.2. The molecule has 0 radical (unpaired) electrons. The summed E-state index contributed by atoms with van der Waals surface area (Å²) >= 11 is 0. The second-order valence-electron chi connectivity index (χ2n) is 4.08. The molecule has 2 N–H and O–H groups in total. The molecule has 0 aliphatic rings. The summed E-state index contributed by atoms with van der Waals surface area (Å²) in [5.74, 6) is -0.225. The maximum Gasteiger partial charge on any atom is 0.251 e. The van der Waals surface area contributed by atoms with Crippen LogP contribution in [0.1, 0.15) is 24.2 Å². The highest BCUT2D eigenvalue weighted by Crippen LogP contribution is 2.11. The van der Waals surface area contributed by atoms with E-state index in [1.807, 2.05) is 13.8 Å². The number of rotatable bonds is 4. The average molecular weight is 256 g/mol. The Balaban J connectivity index is 2.90. The van der Waals surface area contributed by atoms with E-state index < -0.39 is 10.0 Å². The minimum Gasteiger partial charge on any atom is -0.350 e. The van der Waals surface area contributed by atoms with Crippen molar-refractivity contribution >= 4 is 21.6 Å². The fourth-order valence-corrected chi connectivity index (χ4v) is 1.84. The lowest BCUT2D eigenvalue weighted by Crippen LogP contribution is -2.30. The molecule has 0 unspecified atom stereocenters. The molecule has 0 saturated heterocycles. The van der Waals surface area contributed by atoms with Gasteiger partial charge in [0.2, 0.25) is 10.0 Å². The van der Waals surface area contributed by atoms with Gasteiger partial charge in [-0.2, -0.15) is 0 Å². The maximum absolute atomic E-state index is 11.7. The van der Waals surface area contributed by atoms with Crippen LogP contribution in [-0.2, 0) is 10.0 Å². The quantitative estimate of drug-likeness (QED) is 0.850. The first kappa shape index (κ1) is 13.5. The first-order chi connectivity index (χ1) is 7.78. The molecular formula is C11H16N2O3S. The predicted octanol–water partition coefficient (Wildman–Crippen LogP) is 1.20. The highest BCUT2D eigenvalue weighted by Gasteiger charge is 2.08. The minimum absolute atomic E-state index is 0.0361. The molecular weight excluding hydrogens is 240 g/mol. The van der Waals surface area contributed by atoms with E-state index in [-0.39, 0.29) is 11.9 Å². The first-order valence-electron chi connectivity index (χ1n) is 5.16. The Hall–Kier alpha value is -1.56. The molecule has 6 heteroatoms. The number of carbonyl (C=O) groups is 1. The lowest BCUT2D eigenvalue weighted by molar-refractivity contribution is 0.0943. The van der Waals surface area contributed by atoms with Crippen LogP contribution in [0.2, 0.25) is 0 Å². The molecule has 0 atom stereocenters. The van der Waals surface area contributed by atoms with Gasteiger partial charge in [-0.1, -0.05) is 6.07 Å². The first-order valence-corrected chi connectivity index (χ1v) is 7.06. The SMILES string of the molecule is CC(C)NC(=O)c1cccc(NS(C)(=O)=O)c1. The van der Waals surface area contributed by atoms with Crippen LogP contribution in [0.15, 0.2) is 24.3 Å². The third-order valence-corrected chi connectivity index (χ3v) is 2.45. The van der Waals surface area contributed by atoms with Crippen molar-refractivity contribution in [1.29, 1.82) is 0 Å². The zero-order valence-electron chi connectivity index (χ0n) is 10.0. The molecule has 17 heavy (non-hydrogen) atoms. The summed E-state index contributed by atoms with van der Waals surface area (Å²) in [6.07, 6.45) is 1.06. The summed E-state index contributed by atoms with van der Waals surface area (Å²) in [5, 5.41) is 2.73. The van der Waals surface area contributed by atoms with E-state index in [0.29, 0.717) is 11.3 Å². The van der Waals surface area contributed by atoms with E-state index in [4.69, 9.17) is 0 Å². The van der Waals surface area contributed by atoms with Gasteiger partial charge in [-0.3, -0.25) is 9.52 Å². The molecule has 1 rings (SSSR count). The topological polar surface area (TPSA) is 75.3 Å². The van der Waals surface area contributed by atoms with Crippen LogP contribution in [0, 0.1) is 0 Å². The summed E-state index contributed by atoms with van der Waals surface area (Å²) in [5.41, 5.74) is 0.802. The van der Waals surface area contributed by atoms with Gasteiger partial charge in [0.25, 0.3) is 5.91 Å². The van der Waals surface area contributed by atoms with Crippen molar-refractivity contribution in [2.24, 2.45) is 0 Å². The predicted molar refractivity (Wildman–Crippen MR) is 67.5 cm³/mol. The zero-order chi connectivity index (χ0) is 13.1. The molecule has 1 amide bonds. The van der Waals surface area contributed by atoms with Gasteiger partial charge >= 0.3 is 0 Å². The smallest absolute Gasteiger partial charge is 0.251 e. The van der Waals surface area contributed by atoms with Gasteiger partial charge < -0.3 is 5.32 Å². The molecule has 94 valence electrons. The normalized spacial score (nSPS) is 11.3. The Morgan fingerprint density at radius 2 is 1.94 bits per heavy atom. The van der Waals surface area contributed by atoms with Crippen molar-refractivity contribution < 1.29 is 13.2 Å². The van der Waals surface area contributed by atoms with Crippen LogP contribution in [0.25, 0.3) is 0 Å². The van der Waals surface area contributed by atoms with Crippen molar-refractivity contribution in [2.45, 2.75) is 19.9 Å². The van der Waals surface area contributed by atoms with Crippen LogP contribution < -0.4 is 10.0 Å². The fraction of sp³-hybridized carbons (Fsp3) is 0.364. The van der Waals surface area contributed by atoms with Gasteiger partial charge in [-0.15, -0.1) is 0 Å². The van der Waals surface area contributed by atoms with Crippen LogP contribution in [0.3, 0.4) is 0 Å². The summed E-state index contributed by atoms with van der Waals surface area (Å²) in [6, 6.07) is 6.38. The average Bonchev–Trinajstić information content (AvgIpc) is 2.14. The summed E-state index contributed by atoms with van der Waals surface area (Å²) in [6.45, 7) is 3.72. The van der Waals surface area contributed by atoms with Gasteiger partial charge in [-0.05, 0) is 32.0 Å². The molecule has 0 spiro atoms. The van der Waals surface area contributed by atoms with Crippen LogP contribution in [0.5, 0.6) is 0 Å². The largest absolute Gasteiger partial charge is 0.350 e. The van der Waals surface area contributed by atoms with E-state index in [1.165, 1.54) is 6.07 Å². The molecule has 0 aliphatic carbocycles. The molecule has 5 nitrogen and oxygen atoms in total. The monoisotopic (exact) mass is 256 g/mol. The lowest BCUT2D eigenvalue weighted by Gasteiger charge is -2.09. The van der Waals surface area contributed by atoms with E-state index in [1.54, 1.807) is 18.2 Å². The third-order valence-electron chi connectivity index (χ3n) is 1.85. The molecule has 0 aromatic heterocycles. The van der Waals surface area contributed by atoms with Crippen molar-refractivity contribution in [3.8, 4) is 0 Å². The molecule has 1 aromatic rings. The zero-order valence-corrected chi connectivity index (χ0v) is 10.8. The van der Waals surface area contributed by atoms with Gasteiger partial charge in [0.1, 0.15) is 0 Å². The number of anilines is 1. The van der Waals surface area contributed by atoms with Gasteiger partial charge in [0.15, 0.2) is 0 Å². The van der Waals surface area contributed by atoms with E-state index in [9.17, 15) is 13.2 Å². The summed E-state index contributed by atoms with van der Waals surface area (Å²) in [7, 11) is -3.32. The standard InChI is InChI=1S/C11H16N2O3S/c1-8(2)12-11(14)9-5-4-6-10(7-9)13-17(3,15)16/h4-8,13H,1-3H3,(H,12,14). The molecule has 0 heterocycles. The van der Waals surface area contributed by atoms with Crippen molar-refractivity contribution in [2.75, 3.05) is 11.0 Å². The Kier molecular flexibility index (Phi) is 4.11. The third kappa shape index (κ3) is 4.86. The maximum atomic E-state index is 11.7. The number of hydrogen-bond donors (Lipinski definition) is 2. The molecule has 0 bridgehead atoms. The second-order valence-corrected chi connectivity index (χ2v) is 5.83. The van der Waals surface area contributed by atoms with E-state index >= 15 is 0 Å². The van der Waals surface area contributed by atoms with Crippen molar-refractivity contribution in [3.05, 3.63) is 29.8 Å². The molecule has 0 fully saturated rings. The number of carbonyl (C=O) groups excluding carboxylic acids is 1. The van der Waals surface area contributed by atoms with E-state index in [0.717, 1.165) is 6.26 Å². The lowest BCUT2D eigenvalue weighted by atomic mass is 10.2. The number of sulfonamides is 1.